The van der Waals surface area contributed by atoms with E-state index >= 15 is 0 Å². The second-order valence-electron chi connectivity index (χ2n) is 8.83. The van der Waals surface area contributed by atoms with Gasteiger partial charge in [0.1, 0.15) is 11.5 Å². The number of amides is 1. The molecule has 2 aromatic rings. The van der Waals surface area contributed by atoms with E-state index in [4.69, 9.17) is 14.5 Å². The van der Waals surface area contributed by atoms with Gasteiger partial charge in [-0.3, -0.25) is 4.79 Å². The van der Waals surface area contributed by atoms with Crippen LogP contribution >= 0.6 is 11.8 Å². The Morgan fingerprint density at radius 2 is 1.97 bits per heavy atom. The second kappa shape index (κ2) is 8.30. The van der Waals surface area contributed by atoms with Gasteiger partial charge in [0.15, 0.2) is 0 Å². The zero-order valence-corrected chi connectivity index (χ0v) is 19.6. The summed E-state index contributed by atoms with van der Waals surface area (Å²) in [6, 6.07) is 5.42. The number of nitrogens with one attached hydrogen (secondary N) is 1. The summed E-state index contributed by atoms with van der Waals surface area (Å²) in [6.07, 6.45) is 2.27. The third-order valence-electron chi connectivity index (χ3n) is 6.94. The molecule has 1 saturated carbocycles. The van der Waals surface area contributed by atoms with Gasteiger partial charge < -0.3 is 14.8 Å². The SMILES string of the molecule is CCOc1ccc(OCC)c(NC(=O)CSc2nnc3c(n2)C2(C)CCC3C2(C)C)c1. The maximum Gasteiger partial charge on any atom is 0.234 e. The minimum atomic E-state index is -0.156. The lowest BCUT2D eigenvalue weighted by Crippen LogP contribution is -2.32. The average Bonchev–Trinajstić information content (AvgIpc) is 3.07. The van der Waals surface area contributed by atoms with Gasteiger partial charge in [0.2, 0.25) is 11.1 Å². The van der Waals surface area contributed by atoms with Gasteiger partial charge in [-0.15, -0.1) is 5.10 Å². The summed E-state index contributed by atoms with van der Waals surface area (Å²) in [5, 5.41) is 12.3. The Labute approximate surface area is 187 Å². The molecule has 1 N–H and O–H groups in total. The van der Waals surface area contributed by atoms with Crippen molar-refractivity contribution in [2.45, 2.75) is 63.9 Å². The number of ether oxygens (including phenoxy) is 2. The number of thioether (sulfide) groups is 1. The quantitative estimate of drug-likeness (QED) is 0.599. The van der Waals surface area contributed by atoms with Crippen LogP contribution in [0.3, 0.4) is 0 Å². The van der Waals surface area contributed by atoms with Crippen molar-refractivity contribution >= 4 is 23.4 Å². The van der Waals surface area contributed by atoms with E-state index in [0.29, 0.717) is 41.5 Å². The van der Waals surface area contributed by atoms with Crippen LogP contribution in [0.1, 0.15) is 64.8 Å². The smallest absolute Gasteiger partial charge is 0.234 e. The van der Waals surface area contributed by atoms with Crippen LogP contribution in [0.4, 0.5) is 5.69 Å². The van der Waals surface area contributed by atoms with Crippen molar-refractivity contribution in [2.24, 2.45) is 5.41 Å². The zero-order chi connectivity index (χ0) is 22.2. The molecule has 0 saturated heterocycles. The van der Waals surface area contributed by atoms with E-state index in [9.17, 15) is 4.79 Å². The van der Waals surface area contributed by atoms with Crippen LogP contribution in [-0.4, -0.2) is 40.1 Å². The number of carbonyl (C=O) groups is 1. The fourth-order valence-electron chi connectivity index (χ4n) is 4.88. The van der Waals surface area contributed by atoms with Gasteiger partial charge in [0.25, 0.3) is 0 Å². The second-order valence-corrected chi connectivity index (χ2v) is 9.78. The predicted octanol–water partition coefficient (Wildman–Crippen LogP) is 4.57. The Balaban J connectivity index is 1.45. The zero-order valence-electron chi connectivity index (χ0n) is 18.8. The molecule has 8 heteroatoms. The van der Waals surface area contributed by atoms with Gasteiger partial charge in [-0.25, -0.2) is 4.98 Å². The van der Waals surface area contributed by atoms with Crippen molar-refractivity contribution in [3.8, 4) is 11.5 Å². The molecule has 1 aromatic heterocycles. The van der Waals surface area contributed by atoms with Crippen molar-refractivity contribution in [3.05, 3.63) is 29.6 Å². The van der Waals surface area contributed by atoms with Gasteiger partial charge in [0.05, 0.1) is 36.0 Å². The summed E-state index contributed by atoms with van der Waals surface area (Å²) in [7, 11) is 0. The van der Waals surface area contributed by atoms with Crippen molar-refractivity contribution in [3.63, 3.8) is 0 Å². The fraction of sp³-hybridized carbons (Fsp3) is 0.565. The highest BCUT2D eigenvalue weighted by atomic mass is 32.2. The molecule has 2 aliphatic carbocycles. The Morgan fingerprint density at radius 3 is 2.71 bits per heavy atom. The highest BCUT2D eigenvalue weighted by Crippen LogP contribution is 2.66. The van der Waals surface area contributed by atoms with E-state index in [0.717, 1.165) is 24.2 Å². The number of hydrogen-bond acceptors (Lipinski definition) is 7. The summed E-state index contributed by atoms with van der Waals surface area (Å²) >= 11 is 1.30. The van der Waals surface area contributed by atoms with Crippen LogP contribution in [0.5, 0.6) is 11.5 Å². The third kappa shape index (κ3) is 3.75. The van der Waals surface area contributed by atoms with E-state index in [1.54, 1.807) is 6.07 Å². The monoisotopic (exact) mass is 442 g/mol. The Morgan fingerprint density at radius 1 is 1.19 bits per heavy atom. The Kier molecular flexibility index (Phi) is 5.85. The van der Waals surface area contributed by atoms with E-state index in [1.165, 1.54) is 11.8 Å². The summed E-state index contributed by atoms with van der Waals surface area (Å²) in [5.41, 5.74) is 2.86. The molecular formula is C23H30N4O3S. The molecule has 7 nitrogen and oxygen atoms in total. The molecule has 0 aliphatic heterocycles. The number of fused-ring (bicyclic) bond motifs is 5. The van der Waals surface area contributed by atoms with Gasteiger partial charge in [-0.1, -0.05) is 32.5 Å². The molecule has 166 valence electrons. The Hall–Kier alpha value is -2.35. The normalized spacial score (nSPS) is 22.8. The standard InChI is InChI=1S/C23H30N4O3S/c1-6-29-14-8-9-17(30-7-2)16(12-14)24-18(28)13-31-21-25-20-19(26-27-21)15-10-11-23(20,5)22(15,3)4/h8-9,12,15H,6-7,10-11,13H2,1-5H3,(H,24,28). The molecule has 31 heavy (non-hydrogen) atoms. The van der Waals surface area contributed by atoms with E-state index in [-0.39, 0.29) is 22.5 Å². The van der Waals surface area contributed by atoms with E-state index in [2.05, 4.69) is 36.3 Å². The molecule has 1 aromatic carbocycles. The van der Waals surface area contributed by atoms with Crippen molar-refractivity contribution in [1.29, 1.82) is 0 Å². The number of carbonyl (C=O) groups excluding carboxylic acids is 1. The lowest BCUT2D eigenvalue weighted by atomic mass is 9.70. The largest absolute Gasteiger partial charge is 0.494 e. The topological polar surface area (TPSA) is 86.2 Å². The van der Waals surface area contributed by atoms with Crippen LogP contribution < -0.4 is 14.8 Å². The highest BCUT2D eigenvalue weighted by Gasteiger charge is 2.61. The molecule has 1 amide bonds. The molecular weight excluding hydrogens is 412 g/mol. The van der Waals surface area contributed by atoms with Crippen molar-refractivity contribution in [2.75, 3.05) is 24.3 Å². The van der Waals surface area contributed by atoms with Crippen LogP contribution in [0.25, 0.3) is 0 Å². The van der Waals surface area contributed by atoms with Crippen LogP contribution in [0.2, 0.25) is 0 Å². The lowest BCUT2D eigenvalue weighted by Gasteiger charge is -2.33. The molecule has 4 rings (SSSR count). The minimum Gasteiger partial charge on any atom is -0.494 e. The van der Waals surface area contributed by atoms with Gasteiger partial charge in [-0.05, 0) is 44.2 Å². The first kappa shape index (κ1) is 21.9. The third-order valence-corrected chi connectivity index (χ3v) is 7.78. The van der Waals surface area contributed by atoms with Crippen LogP contribution in [-0.2, 0) is 10.2 Å². The number of benzene rings is 1. The number of rotatable bonds is 8. The van der Waals surface area contributed by atoms with Crippen LogP contribution in [0, 0.1) is 5.41 Å². The summed E-state index contributed by atoms with van der Waals surface area (Å²) in [6.45, 7) is 11.8. The first-order chi connectivity index (χ1) is 14.8. The summed E-state index contributed by atoms with van der Waals surface area (Å²) in [4.78, 5) is 17.5. The van der Waals surface area contributed by atoms with Crippen molar-refractivity contribution in [1.82, 2.24) is 15.2 Å². The number of anilines is 1. The molecule has 2 atom stereocenters. The number of nitrogens with zero attached hydrogens (tertiary/aromatic N) is 3. The van der Waals surface area contributed by atoms with Gasteiger partial charge in [-0.2, -0.15) is 5.10 Å². The molecule has 0 radical (unpaired) electrons. The average molecular weight is 443 g/mol. The maximum absolute atomic E-state index is 12.6. The first-order valence-corrected chi connectivity index (χ1v) is 11.9. The van der Waals surface area contributed by atoms with Gasteiger partial charge in [0, 0.05) is 17.4 Å². The first-order valence-electron chi connectivity index (χ1n) is 10.9. The number of hydrogen-bond donors (Lipinski definition) is 1. The predicted molar refractivity (Wildman–Crippen MR) is 121 cm³/mol. The molecule has 0 spiro atoms. The van der Waals surface area contributed by atoms with Crippen LogP contribution in [0.15, 0.2) is 23.4 Å². The van der Waals surface area contributed by atoms with E-state index < -0.39 is 0 Å². The Bertz CT molecular complexity index is 997. The summed E-state index contributed by atoms with van der Waals surface area (Å²) in [5.74, 6) is 1.76. The lowest BCUT2D eigenvalue weighted by molar-refractivity contribution is -0.113. The minimum absolute atomic E-state index is 0.0205. The molecule has 1 fully saturated rings. The fourth-order valence-corrected chi connectivity index (χ4v) is 5.47. The van der Waals surface area contributed by atoms with E-state index in [1.807, 2.05) is 26.0 Å². The molecule has 2 unspecified atom stereocenters. The number of aromatic nitrogens is 3. The van der Waals surface area contributed by atoms with Gasteiger partial charge >= 0.3 is 0 Å². The molecule has 1 heterocycles. The highest BCUT2D eigenvalue weighted by molar-refractivity contribution is 7.99. The van der Waals surface area contributed by atoms with Crippen molar-refractivity contribution < 1.29 is 14.3 Å². The molecule has 2 bridgehead atoms. The maximum atomic E-state index is 12.6. The molecule has 2 aliphatic rings. The summed E-state index contributed by atoms with van der Waals surface area (Å²) < 4.78 is 11.2.